The van der Waals surface area contributed by atoms with Crippen molar-refractivity contribution in [3.63, 3.8) is 0 Å². The Balaban J connectivity index is 3.37. The van der Waals surface area contributed by atoms with Gasteiger partial charge < -0.3 is 20.3 Å². The van der Waals surface area contributed by atoms with Crippen molar-refractivity contribution in [3.8, 4) is 0 Å². The molecule has 2 N–H and O–H groups in total. The van der Waals surface area contributed by atoms with E-state index in [9.17, 15) is 14.4 Å². The second kappa shape index (κ2) is 10.8. The average molecular weight is 448 g/mol. The second-order valence-corrected chi connectivity index (χ2v) is 10.3. The lowest BCUT2D eigenvalue weighted by Crippen LogP contribution is -2.53. The quantitative estimate of drug-likeness (QED) is 0.648. The molecule has 0 spiro atoms. The highest BCUT2D eigenvalue weighted by Crippen LogP contribution is 2.29. The summed E-state index contributed by atoms with van der Waals surface area (Å²) < 4.78 is 5.25. The first-order valence-corrected chi connectivity index (χ1v) is 11.2. The van der Waals surface area contributed by atoms with Gasteiger partial charge in [-0.3, -0.25) is 9.59 Å². The second-order valence-electron chi connectivity index (χ2n) is 10.3. The van der Waals surface area contributed by atoms with E-state index in [0.717, 1.165) is 16.7 Å². The molecule has 0 aliphatic heterocycles. The zero-order chi connectivity index (χ0) is 24.9. The van der Waals surface area contributed by atoms with Crippen LogP contribution >= 0.6 is 0 Å². The van der Waals surface area contributed by atoms with E-state index >= 15 is 0 Å². The maximum Gasteiger partial charge on any atom is 0.408 e. The fourth-order valence-electron chi connectivity index (χ4n) is 3.32. The van der Waals surface area contributed by atoms with Crippen molar-refractivity contribution in [1.29, 1.82) is 0 Å². The van der Waals surface area contributed by atoms with Crippen molar-refractivity contribution in [1.82, 2.24) is 15.5 Å². The van der Waals surface area contributed by atoms with Crippen LogP contribution in [0, 0.1) is 13.8 Å². The number of hydrogen-bond donors (Lipinski definition) is 2. The molecule has 0 saturated heterocycles. The molecule has 7 heteroatoms. The van der Waals surface area contributed by atoms with E-state index < -0.39 is 23.3 Å². The first-order valence-electron chi connectivity index (χ1n) is 11.2. The molecule has 0 aromatic heterocycles. The first-order chi connectivity index (χ1) is 14.6. The summed E-state index contributed by atoms with van der Waals surface area (Å²) in [5.41, 5.74) is 1.64. The Morgan fingerprint density at radius 3 is 2.16 bits per heavy atom. The molecular formula is C25H41N3O4. The molecule has 3 amide bonds. The molecule has 2 atom stereocenters. The summed E-state index contributed by atoms with van der Waals surface area (Å²) in [5, 5.41) is 5.56. The van der Waals surface area contributed by atoms with E-state index in [2.05, 4.69) is 10.6 Å². The van der Waals surface area contributed by atoms with Crippen LogP contribution in [0.1, 0.15) is 84.5 Å². The molecular weight excluding hydrogens is 406 g/mol. The topological polar surface area (TPSA) is 87.7 Å². The molecule has 2 unspecified atom stereocenters. The molecule has 0 aliphatic carbocycles. The third kappa shape index (κ3) is 8.17. The van der Waals surface area contributed by atoms with Gasteiger partial charge >= 0.3 is 6.09 Å². The van der Waals surface area contributed by atoms with Crippen LogP contribution in [0.5, 0.6) is 0 Å². The van der Waals surface area contributed by atoms with Crippen LogP contribution in [-0.4, -0.2) is 46.5 Å². The van der Waals surface area contributed by atoms with E-state index in [1.165, 1.54) is 0 Å². The average Bonchev–Trinajstić information content (AvgIpc) is 2.63. The molecule has 0 aliphatic rings. The number of nitrogens with one attached hydrogen (secondary N) is 2. The van der Waals surface area contributed by atoms with Crippen LogP contribution in [0.3, 0.4) is 0 Å². The van der Waals surface area contributed by atoms with E-state index in [1.54, 1.807) is 25.7 Å². The van der Waals surface area contributed by atoms with Crippen molar-refractivity contribution in [3.05, 3.63) is 34.9 Å². The monoisotopic (exact) mass is 447 g/mol. The highest BCUT2D eigenvalue weighted by molar-refractivity contribution is 5.91. The van der Waals surface area contributed by atoms with Gasteiger partial charge in [0.25, 0.3) is 0 Å². The van der Waals surface area contributed by atoms with Crippen molar-refractivity contribution < 1.29 is 19.1 Å². The highest BCUT2D eigenvalue weighted by atomic mass is 16.6. The number of nitrogens with zero attached hydrogens (tertiary/aromatic N) is 1. The van der Waals surface area contributed by atoms with Crippen molar-refractivity contribution in [2.24, 2.45) is 0 Å². The molecule has 0 radical (unpaired) electrons. The minimum atomic E-state index is -0.822. The van der Waals surface area contributed by atoms with E-state index in [1.807, 2.05) is 66.7 Å². The van der Waals surface area contributed by atoms with Gasteiger partial charge in [-0.15, -0.1) is 0 Å². The molecule has 7 nitrogen and oxygen atoms in total. The summed E-state index contributed by atoms with van der Waals surface area (Å²) in [7, 11) is 0. The maximum absolute atomic E-state index is 13.5. The number of ether oxygens (including phenoxy) is 1. The molecule has 1 rings (SSSR count). The third-order valence-electron chi connectivity index (χ3n) is 5.10. The van der Waals surface area contributed by atoms with Gasteiger partial charge in [0.05, 0.1) is 0 Å². The third-order valence-corrected chi connectivity index (χ3v) is 5.10. The summed E-state index contributed by atoms with van der Waals surface area (Å²) in [5.74, 6) is -0.600. The van der Waals surface area contributed by atoms with Gasteiger partial charge in [0.2, 0.25) is 11.8 Å². The van der Waals surface area contributed by atoms with Crippen molar-refractivity contribution in [2.75, 3.05) is 6.54 Å². The lowest BCUT2D eigenvalue weighted by atomic mass is 9.93. The Bertz CT molecular complexity index is 821. The number of aryl methyl sites for hydroxylation is 1. The maximum atomic E-state index is 13.5. The van der Waals surface area contributed by atoms with Gasteiger partial charge in [-0.05, 0) is 85.4 Å². The van der Waals surface area contributed by atoms with E-state index in [4.69, 9.17) is 4.74 Å². The lowest BCUT2D eigenvalue weighted by Gasteiger charge is -2.38. The number of amides is 3. The normalized spacial score (nSPS) is 13.7. The predicted octanol–water partition coefficient (Wildman–Crippen LogP) is 4.41. The van der Waals surface area contributed by atoms with Crippen molar-refractivity contribution in [2.45, 2.75) is 98.9 Å². The minimum absolute atomic E-state index is 0.224. The van der Waals surface area contributed by atoms with Gasteiger partial charge in [-0.25, -0.2) is 4.79 Å². The van der Waals surface area contributed by atoms with E-state index in [-0.39, 0.29) is 24.4 Å². The Hall–Kier alpha value is -2.57. The fourth-order valence-corrected chi connectivity index (χ4v) is 3.32. The molecule has 0 bridgehead atoms. The molecule has 0 saturated carbocycles. The Labute approximate surface area is 193 Å². The molecule has 1 aromatic rings. The van der Waals surface area contributed by atoms with E-state index in [0.29, 0.717) is 6.42 Å². The van der Waals surface area contributed by atoms with Crippen LogP contribution in [0.25, 0.3) is 0 Å². The van der Waals surface area contributed by atoms with Gasteiger partial charge in [0.15, 0.2) is 0 Å². The largest absolute Gasteiger partial charge is 0.444 e. The highest BCUT2D eigenvalue weighted by Gasteiger charge is 2.36. The SMILES string of the molecule is CCC(C)N(C(=O)CNC(=O)OC(C)(C)C)C(C(=O)NC(C)(C)C)c1cccc(C)c1C. The molecule has 0 fully saturated rings. The summed E-state index contributed by atoms with van der Waals surface area (Å²) >= 11 is 0. The molecule has 180 valence electrons. The zero-order valence-corrected chi connectivity index (χ0v) is 21.4. The Kier molecular flexibility index (Phi) is 9.30. The molecule has 0 heterocycles. The first kappa shape index (κ1) is 27.5. The number of carbonyl (C=O) groups is 3. The van der Waals surface area contributed by atoms with Crippen LogP contribution in [-0.2, 0) is 14.3 Å². The Morgan fingerprint density at radius 2 is 1.66 bits per heavy atom. The number of rotatable bonds is 7. The minimum Gasteiger partial charge on any atom is -0.444 e. The molecule has 32 heavy (non-hydrogen) atoms. The summed E-state index contributed by atoms with van der Waals surface area (Å²) in [6.45, 7) is 18.6. The standard InChI is InChI=1S/C25H41N3O4/c1-11-17(3)28(20(29)15-26-23(31)32-25(8,9)10)21(22(30)27-24(5,6)7)19-14-12-13-16(2)18(19)4/h12-14,17,21H,11,15H2,1-10H3,(H,26,31)(H,27,30). The van der Waals surface area contributed by atoms with Crippen LogP contribution in [0.2, 0.25) is 0 Å². The van der Waals surface area contributed by atoms with Crippen LogP contribution < -0.4 is 10.6 Å². The lowest BCUT2D eigenvalue weighted by molar-refractivity contribution is -0.143. The van der Waals surface area contributed by atoms with Gasteiger partial charge in [-0.1, -0.05) is 25.1 Å². The molecule has 1 aromatic carbocycles. The number of benzene rings is 1. The van der Waals surface area contributed by atoms with Crippen LogP contribution in [0.4, 0.5) is 4.79 Å². The fraction of sp³-hybridized carbons (Fsp3) is 0.640. The summed E-state index contributed by atoms with van der Waals surface area (Å²) in [4.78, 5) is 40.6. The number of alkyl carbamates (subject to hydrolysis) is 1. The van der Waals surface area contributed by atoms with Gasteiger partial charge in [-0.2, -0.15) is 0 Å². The number of carbonyl (C=O) groups excluding carboxylic acids is 3. The Morgan fingerprint density at radius 1 is 1.06 bits per heavy atom. The van der Waals surface area contributed by atoms with Crippen molar-refractivity contribution >= 4 is 17.9 Å². The van der Waals surface area contributed by atoms with Gasteiger partial charge in [0, 0.05) is 11.6 Å². The predicted molar refractivity (Wildman–Crippen MR) is 127 cm³/mol. The van der Waals surface area contributed by atoms with Crippen LogP contribution in [0.15, 0.2) is 18.2 Å². The number of hydrogen-bond acceptors (Lipinski definition) is 4. The van der Waals surface area contributed by atoms with Gasteiger partial charge in [0.1, 0.15) is 18.2 Å². The summed E-state index contributed by atoms with van der Waals surface area (Å²) in [6.07, 6.45) is -0.0140. The smallest absolute Gasteiger partial charge is 0.408 e. The zero-order valence-electron chi connectivity index (χ0n) is 21.4. The summed E-state index contributed by atoms with van der Waals surface area (Å²) in [6, 6.07) is 4.72.